The summed E-state index contributed by atoms with van der Waals surface area (Å²) in [6, 6.07) is 0. The van der Waals surface area contributed by atoms with Crippen molar-refractivity contribution in [2.45, 2.75) is 32.8 Å². The molecule has 1 aromatic heterocycles. The molecule has 4 nitrogen and oxygen atoms in total. The van der Waals surface area contributed by atoms with Gasteiger partial charge in [-0.25, -0.2) is 0 Å². The smallest absolute Gasteiger partial charge is 0.244 e. The van der Waals surface area contributed by atoms with E-state index in [0.717, 1.165) is 0 Å². The molecule has 0 amide bonds. The Morgan fingerprint density at radius 3 is 2.00 bits per heavy atom. The van der Waals surface area contributed by atoms with Gasteiger partial charge in [-0.3, -0.25) is 0 Å². The summed E-state index contributed by atoms with van der Waals surface area (Å²) in [4.78, 5) is 0. The Labute approximate surface area is 65.3 Å². The van der Waals surface area contributed by atoms with E-state index in [1.165, 1.54) is 0 Å². The van der Waals surface area contributed by atoms with Crippen molar-refractivity contribution in [3.8, 4) is 0 Å². The van der Waals surface area contributed by atoms with Crippen molar-refractivity contribution in [2.75, 3.05) is 0 Å². The molecule has 0 saturated heterocycles. The fourth-order valence-electron chi connectivity index (χ4n) is 0.649. The molecule has 1 heterocycles. The Hall–Kier alpha value is -0.900. The van der Waals surface area contributed by atoms with Gasteiger partial charge in [0.15, 0.2) is 0 Å². The lowest BCUT2D eigenvalue weighted by atomic mass is 10.2. The maximum Gasteiger partial charge on any atom is 0.244 e. The number of aliphatic hydroxyl groups excluding tert-OH is 1. The highest BCUT2D eigenvalue weighted by atomic mass is 16.4. The third kappa shape index (κ3) is 1.77. The van der Waals surface area contributed by atoms with Crippen LogP contribution in [0.25, 0.3) is 0 Å². The predicted molar refractivity (Wildman–Crippen MR) is 39.0 cm³/mol. The van der Waals surface area contributed by atoms with Gasteiger partial charge in [0.05, 0.1) is 0 Å². The Morgan fingerprint density at radius 1 is 1.18 bits per heavy atom. The third-order valence-corrected chi connectivity index (χ3v) is 1.31. The van der Waals surface area contributed by atoms with E-state index < -0.39 is 6.10 Å². The van der Waals surface area contributed by atoms with Gasteiger partial charge in [-0.2, -0.15) is 0 Å². The minimum absolute atomic E-state index is 0.218. The van der Waals surface area contributed by atoms with E-state index in [1.807, 2.05) is 13.8 Å². The topological polar surface area (TPSA) is 59.2 Å². The lowest BCUT2D eigenvalue weighted by Crippen LogP contribution is -1.89. The molecule has 0 bridgehead atoms. The van der Waals surface area contributed by atoms with E-state index in [4.69, 9.17) is 9.52 Å². The number of hydrogen-bond donors (Lipinski definition) is 1. The fraction of sp³-hybridized carbons (Fsp3) is 0.714. The molecule has 0 aliphatic carbocycles. The fourth-order valence-corrected chi connectivity index (χ4v) is 0.649. The van der Waals surface area contributed by atoms with E-state index in [1.54, 1.807) is 6.92 Å². The highest BCUT2D eigenvalue weighted by Crippen LogP contribution is 2.15. The van der Waals surface area contributed by atoms with Crippen molar-refractivity contribution in [1.82, 2.24) is 10.2 Å². The first-order valence-electron chi connectivity index (χ1n) is 3.62. The maximum absolute atomic E-state index is 9.02. The van der Waals surface area contributed by atoms with Crippen LogP contribution in [-0.2, 0) is 0 Å². The normalized spacial score (nSPS) is 13.9. The van der Waals surface area contributed by atoms with Crippen molar-refractivity contribution in [2.24, 2.45) is 0 Å². The van der Waals surface area contributed by atoms with E-state index in [-0.39, 0.29) is 11.8 Å². The first kappa shape index (κ1) is 8.20. The van der Waals surface area contributed by atoms with Crippen LogP contribution in [0.4, 0.5) is 0 Å². The number of nitrogens with zero attached hydrogens (tertiary/aromatic N) is 2. The van der Waals surface area contributed by atoms with Crippen LogP contribution in [0.1, 0.15) is 44.6 Å². The summed E-state index contributed by atoms with van der Waals surface area (Å²) in [5.41, 5.74) is 0. The molecule has 1 rings (SSSR count). The van der Waals surface area contributed by atoms with Gasteiger partial charge in [0.25, 0.3) is 0 Å². The molecule has 0 aliphatic rings. The molecule has 0 spiro atoms. The summed E-state index contributed by atoms with van der Waals surface area (Å²) in [6.45, 7) is 5.51. The number of hydrogen-bond acceptors (Lipinski definition) is 4. The molecule has 0 fully saturated rings. The number of aliphatic hydroxyl groups is 1. The lowest BCUT2D eigenvalue weighted by molar-refractivity contribution is 0.160. The standard InChI is InChI=1S/C7H12N2O2/c1-4(2)6-8-9-7(11-6)5(3)10/h4-5,10H,1-3H3/t5-/m1/s1. The molecule has 0 unspecified atom stereocenters. The van der Waals surface area contributed by atoms with Crippen molar-refractivity contribution in [3.05, 3.63) is 11.8 Å². The number of rotatable bonds is 2. The predicted octanol–water partition coefficient (Wildman–Crippen LogP) is 1.25. The van der Waals surface area contributed by atoms with Crippen LogP contribution in [0.2, 0.25) is 0 Å². The Balaban J connectivity index is 2.82. The van der Waals surface area contributed by atoms with Crippen LogP contribution < -0.4 is 0 Å². The molecule has 0 saturated carbocycles. The second-order valence-electron chi connectivity index (χ2n) is 2.81. The van der Waals surface area contributed by atoms with Crippen LogP contribution in [0.3, 0.4) is 0 Å². The van der Waals surface area contributed by atoms with Crippen LogP contribution in [0.15, 0.2) is 4.42 Å². The van der Waals surface area contributed by atoms with Crippen LogP contribution in [0.5, 0.6) is 0 Å². The number of aromatic nitrogens is 2. The summed E-state index contributed by atoms with van der Waals surface area (Å²) in [6.07, 6.45) is -0.671. The molecule has 11 heavy (non-hydrogen) atoms. The minimum Gasteiger partial charge on any atom is -0.422 e. The van der Waals surface area contributed by atoms with Gasteiger partial charge in [-0.15, -0.1) is 10.2 Å². The van der Waals surface area contributed by atoms with Crippen LogP contribution in [-0.4, -0.2) is 15.3 Å². The molecule has 0 aliphatic heterocycles. The molecule has 0 radical (unpaired) electrons. The average molecular weight is 156 g/mol. The highest BCUT2D eigenvalue weighted by molar-refractivity contribution is 4.88. The third-order valence-electron chi connectivity index (χ3n) is 1.31. The molecule has 4 heteroatoms. The average Bonchev–Trinajstić information content (AvgIpc) is 2.33. The molecular formula is C7H12N2O2. The minimum atomic E-state index is -0.671. The van der Waals surface area contributed by atoms with Crippen molar-refractivity contribution >= 4 is 0 Å². The van der Waals surface area contributed by atoms with Gasteiger partial charge < -0.3 is 9.52 Å². The second kappa shape index (κ2) is 3.00. The molecule has 1 atom stereocenters. The second-order valence-corrected chi connectivity index (χ2v) is 2.81. The first-order valence-corrected chi connectivity index (χ1v) is 3.62. The van der Waals surface area contributed by atoms with Crippen LogP contribution >= 0.6 is 0 Å². The van der Waals surface area contributed by atoms with Gasteiger partial charge in [0.1, 0.15) is 6.10 Å². The Morgan fingerprint density at radius 2 is 1.73 bits per heavy atom. The first-order chi connectivity index (χ1) is 5.11. The van der Waals surface area contributed by atoms with E-state index >= 15 is 0 Å². The van der Waals surface area contributed by atoms with E-state index in [0.29, 0.717) is 5.89 Å². The Kier molecular flexibility index (Phi) is 2.24. The zero-order chi connectivity index (χ0) is 8.43. The summed E-state index contributed by atoms with van der Waals surface area (Å²) >= 11 is 0. The zero-order valence-electron chi connectivity index (χ0n) is 6.90. The van der Waals surface area contributed by atoms with E-state index in [2.05, 4.69) is 10.2 Å². The summed E-state index contributed by atoms with van der Waals surface area (Å²) in [5, 5.41) is 16.5. The SMILES string of the molecule is CC(C)c1nnc([C@@H](C)O)o1. The van der Waals surface area contributed by atoms with Crippen molar-refractivity contribution < 1.29 is 9.52 Å². The van der Waals surface area contributed by atoms with Gasteiger partial charge in [0, 0.05) is 5.92 Å². The zero-order valence-corrected chi connectivity index (χ0v) is 6.90. The monoisotopic (exact) mass is 156 g/mol. The molecular weight excluding hydrogens is 144 g/mol. The maximum atomic E-state index is 9.02. The quantitative estimate of drug-likeness (QED) is 0.700. The molecule has 0 aromatic carbocycles. The molecule has 1 aromatic rings. The summed E-state index contributed by atoms with van der Waals surface area (Å²) < 4.78 is 5.13. The molecule has 62 valence electrons. The van der Waals surface area contributed by atoms with Gasteiger partial charge >= 0.3 is 0 Å². The van der Waals surface area contributed by atoms with E-state index in [9.17, 15) is 0 Å². The van der Waals surface area contributed by atoms with Gasteiger partial charge in [-0.05, 0) is 6.92 Å². The Bertz CT molecular complexity index is 208. The van der Waals surface area contributed by atoms with Crippen molar-refractivity contribution in [1.29, 1.82) is 0 Å². The van der Waals surface area contributed by atoms with Gasteiger partial charge in [-0.1, -0.05) is 13.8 Å². The van der Waals surface area contributed by atoms with Crippen LogP contribution in [0, 0.1) is 0 Å². The van der Waals surface area contributed by atoms with Gasteiger partial charge in [0.2, 0.25) is 11.8 Å². The van der Waals surface area contributed by atoms with Crippen molar-refractivity contribution in [3.63, 3.8) is 0 Å². The lowest BCUT2D eigenvalue weighted by Gasteiger charge is -1.96. The highest BCUT2D eigenvalue weighted by Gasteiger charge is 2.12. The largest absolute Gasteiger partial charge is 0.422 e. The molecule has 1 N–H and O–H groups in total. The summed E-state index contributed by atoms with van der Waals surface area (Å²) in [5.74, 6) is 1.07. The summed E-state index contributed by atoms with van der Waals surface area (Å²) in [7, 11) is 0.